The minimum Gasteiger partial charge on any atom is -0.374 e. The number of hydrogen-bond acceptors (Lipinski definition) is 4. The first-order valence-corrected chi connectivity index (χ1v) is 5.45. The predicted octanol–water partition coefficient (Wildman–Crippen LogP) is 1.66. The van der Waals surface area contributed by atoms with Gasteiger partial charge in [-0.2, -0.15) is 0 Å². The fourth-order valence-corrected chi connectivity index (χ4v) is 2.26. The highest BCUT2D eigenvalue weighted by molar-refractivity contribution is 8.02. The summed E-state index contributed by atoms with van der Waals surface area (Å²) in [6.07, 6.45) is 0.0902. The lowest BCUT2D eigenvalue weighted by Crippen LogP contribution is -2.28. The van der Waals surface area contributed by atoms with Crippen molar-refractivity contribution in [2.24, 2.45) is 0 Å². The number of rotatable bonds is 1. The van der Waals surface area contributed by atoms with E-state index in [0.717, 1.165) is 5.70 Å². The summed E-state index contributed by atoms with van der Waals surface area (Å²) < 4.78 is 11.2. The Kier molecular flexibility index (Phi) is 2.30. The summed E-state index contributed by atoms with van der Waals surface area (Å²) in [6, 6.07) is 0. The average Bonchev–Trinajstić information content (AvgIpc) is 2.56. The average molecular weight is 201 g/mol. The zero-order chi connectivity index (χ0) is 9.47. The van der Waals surface area contributed by atoms with Crippen LogP contribution in [0.3, 0.4) is 0 Å². The molecule has 2 heterocycles. The lowest BCUT2D eigenvalue weighted by molar-refractivity contribution is -0.134. The molecule has 0 amide bonds. The molecule has 1 fully saturated rings. The van der Waals surface area contributed by atoms with Crippen molar-refractivity contribution >= 4 is 11.8 Å². The first-order chi connectivity index (χ1) is 6.07. The van der Waals surface area contributed by atoms with Gasteiger partial charge in [-0.15, -0.1) is 11.8 Å². The molecule has 0 saturated carbocycles. The van der Waals surface area contributed by atoms with Gasteiger partial charge in [0, 0.05) is 5.70 Å². The Balaban J connectivity index is 1.97. The van der Waals surface area contributed by atoms with Gasteiger partial charge in [-0.05, 0) is 26.2 Å². The molecule has 2 rings (SSSR count). The van der Waals surface area contributed by atoms with Crippen LogP contribution in [-0.2, 0) is 9.47 Å². The molecular formula is C9H15NO2S. The van der Waals surface area contributed by atoms with Crippen LogP contribution in [0.25, 0.3) is 0 Å². The van der Waals surface area contributed by atoms with E-state index in [-0.39, 0.29) is 6.10 Å². The quantitative estimate of drug-likeness (QED) is 0.699. The maximum atomic E-state index is 5.71. The van der Waals surface area contributed by atoms with Gasteiger partial charge in [-0.3, -0.25) is 0 Å². The third-order valence-corrected chi connectivity index (χ3v) is 3.04. The van der Waals surface area contributed by atoms with E-state index in [9.17, 15) is 0 Å². The van der Waals surface area contributed by atoms with Crippen molar-refractivity contribution in [3.63, 3.8) is 0 Å². The van der Waals surface area contributed by atoms with Crippen LogP contribution in [0, 0.1) is 0 Å². The summed E-state index contributed by atoms with van der Waals surface area (Å²) in [5.41, 5.74) is 1.16. The van der Waals surface area contributed by atoms with E-state index >= 15 is 0 Å². The third kappa shape index (κ3) is 2.00. The Morgan fingerprint density at radius 1 is 1.62 bits per heavy atom. The van der Waals surface area contributed by atoms with E-state index in [1.807, 2.05) is 13.8 Å². The maximum Gasteiger partial charge on any atom is 0.163 e. The summed E-state index contributed by atoms with van der Waals surface area (Å²) in [4.78, 5) is 0. The molecule has 2 aliphatic heterocycles. The van der Waals surface area contributed by atoms with Crippen molar-refractivity contribution in [2.75, 3.05) is 6.61 Å². The van der Waals surface area contributed by atoms with E-state index in [4.69, 9.17) is 9.47 Å². The van der Waals surface area contributed by atoms with Crippen molar-refractivity contribution < 1.29 is 9.47 Å². The van der Waals surface area contributed by atoms with E-state index in [2.05, 4.69) is 17.6 Å². The number of hydrogen-bond donors (Lipinski definition) is 1. The number of ether oxygens (including phenoxy) is 2. The summed E-state index contributed by atoms with van der Waals surface area (Å²) >= 11 is 1.78. The van der Waals surface area contributed by atoms with Gasteiger partial charge < -0.3 is 14.8 Å². The Morgan fingerprint density at radius 3 is 2.85 bits per heavy atom. The summed E-state index contributed by atoms with van der Waals surface area (Å²) in [5.74, 6) is -0.427. The molecule has 0 aliphatic carbocycles. The van der Waals surface area contributed by atoms with Crippen LogP contribution in [0.1, 0.15) is 20.8 Å². The van der Waals surface area contributed by atoms with Gasteiger partial charge in [0.15, 0.2) is 5.79 Å². The van der Waals surface area contributed by atoms with Crippen molar-refractivity contribution in [3.05, 3.63) is 11.1 Å². The van der Waals surface area contributed by atoms with Crippen LogP contribution in [0.15, 0.2) is 11.1 Å². The minimum absolute atomic E-state index is 0.0902. The highest BCUT2D eigenvalue weighted by atomic mass is 32.2. The van der Waals surface area contributed by atoms with Crippen molar-refractivity contribution in [1.29, 1.82) is 0 Å². The number of thioether (sulfide) groups is 1. The third-order valence-electron chi connectivity index (χ3n) is 2.12. The lowest BCUT2D eigenvalue weighted by atomic mass is 10.3. The van der Waals surface area contributed by atoms with Crippen LogP contribution in [0.5, 0.6) is 0 Å². The van der Waals surface area contributed by atoms with Gasteiger partial charge in [0.1, 0.15) is 6.10 Å². The molecule has 0 aromatic rings. The van der Waals surface area contributed by atoms with E-state index in [1.54, 1.807) is 11.8 Å². The van der Waals surface area contributed by atoms with Crippen molar-refractivity contribution in [2.45, 2.75) is 38.0 Å². The molecule has 1 N–H and O–H groups in total. The second kappa shape index (κ2) is 3.19. The highest BCUT2D eigenvalue weighted by Gasteiger charge is 2.36. The molecule has 0 aromatic carbocycles. The molecule has 74 valence electrons. The fourth-order valence-electron chi connectivity index (χ4n) is 1.49. The summed E-state index contributed by atoms with van der Waals surface area (Å²) in [5, 5.41) is 5.94. The van der Waals surface area contributed by atoms with Crippen molar-refractivity contribution in [1.82, 2.24) is 5.32 Å². The van der Waals surface area contributed by atoms with Crippen LogP contribution in [0.2, 0.25) is 0 Å². The predicted molar refractivity (Wildman–Crippen MR) is 53.2 cm³/mol. The van der Waals surface area contributed by atoms with Crippen LogP contribution in [0.4, 0.5) is 0 Å². The van der Waals surface area contributed by atoms with Gasteiger partial charge in [-0.25, -0.2) is 0 Å². The van der Waals surface area contributed by atoms with Gasteiger partial charge >= 0.3 is 0 Å². The van der Waals surface area contributed by atoms with E-state index in [0.29, 0.717) is 12.0 Å². The first kappa shape index (κ1) is 9.37. The molecule has 2 unspecified atom stereocenters. The largest absolute Gasteiger partial charge is 0.374 e. The van der Waals surface area contributed by atoms with Crippen LogP contribution < -0.4 is 5.32 Å². The highest BCUT2D eigenvalue weighted by Crippen LogP contribution is 2.30. The molecule has 13 heavy (non-hydrogen) atoms. The summed E-state index contributed by atoms with van der Waals surface area (Å²) in [6.45, 7) is 6.67. The standard InChI is InChI=1S/C9H15NO2S/c1-6-10-7(5-13-6)8-4-11-9(2,3)12-8/h5-6,8,10H,4H2,1-3H3. The second-order valence-electron chi connectivity index (χ2n) is 3.81. The molecule has 1 saturated heterocycles. The Morgan fingerprint density at radius 2 is 2.38 bits per heavy atom. The minimum atomic E-state index is -0.427. The zero-order valence-electron chi connectivity index (χ0n) is 8.16. The summed E-state index contributed by atoms with van der Waals surface area (Å²) in [7, 11) is 0. The van der Waals surface area contributed by atoms with Gasteiger partial charge in [-0.1, -0.05) is 0 Å². The monoisotopic (exact) mass is 201 g/mol. The molecule has 0 radical (unpaired) electrons. The van der Waals surface area contributed by atoms with Gasteiger partial charge in [0.25, 0.3) is 0 Å². The Labute approximate surface area is 82.9 Å². The molecular weight excluding hydrogens is 186 g/mol. The Hall–Kier alpha value is -0.190. The SMILES string of the molecule is CC1NC(C2COC(C)(C)O2)=CS1. The smallest absolute Gasteiger partial charge is 0.163 e. The van der Waals surface area contributed by atoms with Gasteiger partial charge in [0.05, 0.1) is 12.0 Å². The topological polar surface area (TPSA) is 30.5 Å². The maximum absolute atomic E-state index is 5.71. The lowest BCUT2D eigenvalue weighted by Gasteiger charge is -2.18. The second-order valence-corrected chi connectivity index (χ2v) is 5.03. The molecule has 4 heteroatoms. The Bertz CT molecular complexity index is 240. The molecule has 2 aliphatic rings. The van der Waals surface area contributed by atoms with E-state index < -0.39 is 5.79 Å². The molecule has 0 aromatic heterocycles. The van der Waals surface area contributed by atoms with Gasteiger partial charge in [0.2, 0.25) is 0 Å². The van der Waals surface area contributed by atoms with Crippen LogP contribution >= 0.6 is 11.8 Å². The molecule has 2 atom stereocenters. The van der Waals surface area contributed by atoms with E-state index in [1.165, 1.54) is 0 Å². The number of nitrogens with one attached hydrogen (secondary N) is 1. The normalized spacial score (nSPS) is 37.3. The molecule has 0 bridgehead atoms. The van der Waals surface area contributed by atoms with Crippen molar-refractivity contribution in [3.8, 4) is 0 Å². The molecule has 0 spiro atoms. The fraction of sp³-hybridized carbons (Fsp3) is 0.778. The molecule has 3 nitrogen and oxygen atoms in total. The van der Waals surface area contributed by atoms with Crippen LogP contribution in [-0.4, -0.2) is 23.9 Å². The zero-order valence-corrected chi connectivity index (χ0v) is 8.98. The first-order valence-electron chi connectivity index (χ1n) is 4.51.